The molecule has 0 spiro atoms. The van der Waals surface area contributed by atoms with Crippen LogP contribution < -0.4 is 10.1 Å². The van der Waals surface area contributed by atoms with Crippen LogP contribution >= 0.6 is 0 Å². The SMILES string of the molecule is COc1ccc(NC(=O)c2nnc3ccccc3c2O)cc1. The molecule has 0 aliphatic rings. The Hall–Kier alpha value is -3.15. The van der Waals surface area contributed by atoms with Gasteiger partial charge in [0.05, 0.1) is 12.6 Å². The molecule has 0 radical (unpaired) electrons. The van der Waals surface area contributed by atoms with Crippen LogP contribution in [0.1, 0.15) is 10.5 Å². The minimum atomic E-state index is -0.527. The number of ether oxygens (including phenoxy) is 1. The molecule has 1 aromatic heterocycles. The average Bonchev–Trinajstić information content (AvgIpc) is 2.56. The summed E-state index contributed by atoms with van der Waals surface area (Å²) in [5.74, 6) is -0.0242. The normalized spacial score (nSPS) is 10.4. The maximum Gasteiger partial charge on any atom is 0.280 e. The lowest BCUT2D eigenvalue weighted by Crippen LogP contribution is -2.14. The van der Waals surface area contributed by atoms with Crippen molar-refractivity contribution in [1.82, 2.24) is 10.2 Å². The molecular formula is C16H13N3O3. The predicted octanol–water partition coefficient (Wildman–Crippen LogP) is 2.60. The van der Waals surface area contributed by atoms with Crippen molar-refractivity contribution in [2.24, 2.45) is 0 Å². The molecule has 0 aliphatic heterocycles. The number of fused-ring (bicyclic) bond motifs is 1. The molecule has 0 aliphatic carbocycles. The molecule has 3 rings (SSSR count). The summed E-state index contributed by atoms with van der Waals surface area (Å²) in [5.41, 5.74) is 0.982. The van der Waals surface area contributed by atoms with Crippen LogP contribution in [0.25, 0.3) is 10.9 Å². The van der Waals surface area contributed by atoms with Gasteiger partial charge in [0.25, 0.3) is 5.91 Å². The number of aromatic nitrogens is 2. The molecule has 6 heteroatoms. The number of nitrogens with one attached hydrogen (secondary N) is 1. The Morgan fingerprint density at radius 3 is 2.55 bits per heavy atom. The van der Waals surface area contributed by atoms with E-state index in [4.69, 9.17) is 4.74 Å². The van der Waals surface area contributed by atoms with E-state index in [-0.39, 0.29) is 11.4 Å². The lowest BCUT2D eigenvalue weighted by Gasteiger charge is -2.08. The van der Waals surface area contributed by atoms with E-state index in [2.05, 4.69) is 15.5 Å². The Bertz CT molecular complexity index is 832. The highest BCUT2D eigenvalue weighted by Gasteiger charge is 2.17. The Balaban J connectivity index is 1.89. The molecule has 0 atom stereocenters. The molecule has 22 heavy (non-hydrogen) atoms. The van der Waals surface area contributed by atoms with Crippen LogP contribution in [0.2, 0.25) is 0 Å². The van der Waals surface area contributed by atoms with E-state index in [9.17, 15) is 9.90 Å². The average molecular weight is 295 g/mol. The van der Waals surface area contributed by atoms with Gasteiger partial charge in [0.15, 0.2) is 11.4 Å². The second-order valence-corrected chi connectivity index (χ2v) is 4.60. The number of benzene rings is 2. The summed E-state index contributed by atoms with van der Waals surface area (Å²) in [6.07, 6.45) is 0. The van der Waals surface area contributed by atoms with Gasteiger partial charge in [-0.1, -0.05) is 12.1 Å². The minimum absolute atomic E-state index is 0.116. The van der Waals surface area contributed by atoms with E-state index in [1.54, 1.807) is 55.6 Å². The minimum Gasteiger partial charge on any atom is -0.505 e. The first kappa shape index (κ1) is 13.8. The van der Waals surface area contributed by atoms with Crippen molar-refractivity contribution in [2.75, 3.05) is 12.4 Å². The highest BCUT2D eigenvalue weighted by Crippen LogP contribution is 2.25. The van der Waals surface area contributed by atoms with Crippen LogP contribution in [0, 0.1) is 0 Å². The lowest BCUT2D eigenvalue weighted by molar-refractivity contribution is 0.101. The van der Waals surface area contributed by atoms with Crippen molar-refractivity contribution in [2.45, 2.75) is 0 Å². The number of carbonyl (C=O) groups excluding carboxylic acids is 1. The molecule has 0 fully saturated rings. The van der Waals surface area contributed by atoms with Crippen LogP contribution in [-0.4, -0.2) is 28.3 Å². The maximum absolute atomic E-state index is 12.2. The molecule has 6 nitrogen and oxygen atoms in total. The highest BCUT2D eigenvalue weighted by molar-refractivity contribution is 6.07. The quantitative estimate of drug-likeness (QED) is 0.776. The smallest absolute Gasteiger partial charge is 0.280 e. The molecule has 0 bridgehead atoms. The fraction of sp³-hybridized carbons (Fsp3) is 0.0625. The summed E-state index contributed by atoms with van der Waals surface area (Å²) >= 11 is 0. The van der Waals surface area contributed by atoms with E-state index in [0.29, 0.717) is 22.3 Å². The van der Waals surface area contributed by atoms with Gasteiger partial charge in [-0.3, -0.25) is 4.79 Å². The van der Waals surface area contributed by atoms with Gasteiger partial charge in [-0.05, 0) is 36.4 Å². The summed E-state index contributed by atoms with van der Waals surface area (Å²) in [6, 6.07) is 13.8. The first-order chi connectivity index (χ1) is 10.7. The van der Waals surface area contributed by atoms with Gasteiger partial charge in [0.2, 0.25) is 0 Å². The Kier molecular flexibility index (Phi) is 3.57. The number of anilines is 1. The number of methoxy groups -OCH3 is 1. The standard InChI is InChI=1S/C16H13N3O3/c1-22-11-8-6-10(7-9-11)17-16(21)14-15(20)12-4-2-3-5-13(12)18-19-14/h2-9H,1H3,(H,17,21)(H,18,20). The third kappa shape index (κ3) is 2.54. The van der Waals surface area contributed by atoms with Crippen molar-refractivity contribution in [1.29, 1.82) is 0 Å². The van der Waals surface area contributed by atoms with Crippen LogP contribution in [-0.2, 0) is 0 Å². The Morgan fingerprint density at radius 2 is 1.82 bits per heavy atom. The summed E-state index contributed by atoms with van der Waals surface area (Å²) in [4.78, 5) is 12.2. The molecule has 110 valence electrons. The van der Waals surface area contributed by atoms with Crippen molar-refractivity contribution in [3.8, 4) is 11.5 Å². The van der Waals surface area contributed by atoms with E-state index < -0.39 is 5.91 Å². The van der Waals surface area contributed by atoms with Gasteiger partial charge < -0.3 is 15.2 Å². The summed E-state index contributed by atoms with van der Waals surface area (Å²) in [5, 5.41) is 21.1. The molecule has 2 aromatic carbocycles. The molecule has 0 saturated heterocycles. The summed E-state index contributed by atoms with van der Waals surface area (Å²) < 4.78 is 5.05. The lowest BCUT2D eigenvalue weighted by atomic mass is 10.2. The van der Waals surface area contributed by atoms with E-state index in [1.807, 2.05) is 0 Å². The third-order valence-corrected chi connectivity index (χ3v) is 3.20. The van der Waals surface area contributed by atoms with Crippen LogP contribution in [0.15, 0.2) is 48.5 Å². The first-order valence-corrected chi connectivity index (χ1v) is 6.59. The molecular weight excluding hydrogens is 282 g/mol. The van der Waals surface area contributed by atoms with Gasteiger partial charge >= 0.3 is 0 Å². The number of hydrogen-bond acceptors (Lipinski definition) is 5. The summed E-state index contributed by atoms with van der Waals surface area (Å²) in [7, 11) is 1.57. The second-order valence-electron chi connectivity index (χ2n) is 4.60. The van der Waals surface area contributed by atoms with E-state index in [1.165, 1.54) is 0 Å². The van der Waals surface area contributed by atoms with E-state index >= 15 is 0 Å². The molecule has 1 heterocycles. The maximum atomic E-state index is 12.2. The molecule has 1 amide bonds. The van der Waals surface area contributed by atoms with E-state index in [0.717, 1.165) is 0 Å². The largest absolute Gasteiger partial charge is 0.505 e. The molecule has 0 saturated carbocycles. The molecule has 2 N–H and O–H groups in total. The topological polar surface area (TPSA) is 84.3 Å². The highest BCUT2D eigenvalue weighted by atomic mass is 16.5. The number of hydrogen-bond donors (Lipinski definition) is 2. The van der Waals surface area contributed by atoms with Gasteiger partial charge in [-0.15, -0.1) is 10.2 Å². The summed E-state index contributed by atoms with van der Waals surface area (Å²) in [6.45, 7) is 0. The van der Waals surface area contributed by atoms with Crippen molar-refractivity contribution in [3.63, 3.8) is 0 Å². The van der Waals surface area contributed by atoms with Crippen LogP contribution in [0.5, 0.6) is 11.5 Å². The number of amides is 1. The number of aromatic hydroxyl groups is 1. The number of rotatable bonds is 3. The fourth-order valence-electron chi connectivity index (χ4n) is 2.06. The zero-order valence-corrected chi connectivity index (χ0v) is 11.8. The monoisotopic (exact) mass is 295 g/mol. The zero-order valence-electron chi connectivity index (χ0n) is 11.8. The Labute approximate surface area is 126 Å². The van der Waals surface area contributed by atoms with Gasteiger partial charge in [0, 0.05) is 11.1 Å². The van der Waals surface area contributed by atoms with Gasteiger partial charge in [-0.2, -0.15) is 0 Å². The first-order valence-electron chi connectivity index (χ1n) is 6.59. The van der Waals surface area contributed by atoms with Crippen molar-refractivity contribution in [3.05, 3.63) is 54.2 Å². The third-order valence-electron chi connectivity index (χ3n) is 3.20. The zero-order chi connectivity index (χ0) is 15.5. The van der Waals surface area contributed by atoms with Gasteiger partial charge in [-0.25, -0.2) is 0 Å². The van der Waals surface area contributed by atoms with Crippen molar-refractivity contribution >= 4 is 22.5 Å². The van der Waals surface area contributed by atoms with Gasteiger partial charge in [0.1, 0.15) is 5.75 Å². The van der Waals surface area contributed by atoms with Crippen LogP contribution in [0.3, 0.4) is 0 Å². The second kappa shape index (κ2) is 5.69. The van der Waals surface area contributed by atoms with Crippen LogP contribution in [0.4, 0.5) is 5.69 Å². The number of nitrogens with zero attached hydrogens (tertiary/aromatic N) is 2. The molecule has 3 aromatic rings. The fourth-order valence-corrected chi connectivity index (χ4v) is 2.06. The number of carbonyl (C=O) groups is 1. The Morgan fingerprint density at radius 1 is 1.09 bits per heavy atom. The molecule has 0 unspecified atom stereocenters. The van der Waals surface area contributed by atoms with Crippen molar-refractivity contribution < 1.29 is 14.6 Å². The predicted molar refractivity (Wildman–Crippen MR) is 82.2 cm³/mol.